The third-order valence-electron chi connectivity index (χ3n) is 8.40. The molecule has 0 atom stereocenters. The topological polar surface area (TPSA) is 70.7 Å². The first kappa shape index (κ1) is 27.4. The number of carbonyl (C=O) groups excluding carboxylic acids is 1. The lowest BCUT2D eigenvalue weighted by molar-refractivity contribution is 0.102. The van der Waals surface area contributed by atoms with E-state index in [2.05, 4.69) is 85.2 Å². The van der Waals surface area contributed by atoms with Gasteiger partial charge in [-0.15, -0.1) is 0 Å². The van der Waals surface area contributed by atoms with E-state index >= 15 is 0 Å². The number of nitrogens with zero attached hydrogens (tertiary/aromatic N) is 6. The van der Waals surface area contributed by atoms with Crippen molar-refractivity contribution < 1.29 is 4.79 Å². The average Bonchev–Trinajstić information content (AvgIpc) is 3.61. The first-order valence-electron chi connectivity index (χ1n) is 14.8. The smallest absolute Gasteiger partial charge is 0.255 e. The molecule has 1 aliphatic heterocycles. The minimum Gasteiger partial charge on any atom is -0.369 e. The third-order valence-corrected chi connectivity index (χ3v) is 8.40. The quantitative estimate of drug-likeness (QED) is 0.276. The molecule has 0 aliphatic carbocycles. The Labute approximate surface area is 256 Å². The number of amides is 1. The van der Waals surface area contributed by atoms with E-state index in [9.17, 15) is 4.79 Å². The molecule has 0 bridgehead atoms. The van der Waals surface area contributed by atoms with E-state index in [4.69, 9.17) is 0 Å². The number of aromatic nitrogens is 4. The number of piperazine rings is 1. The highest BCUT2D eigenvalue weighted by atomic mass is 16.1. The molecule has 8 nitrogen and oxygen atoms in total. The molecule has 1 fully saturated rings. The number of imidazole rings is 1. The van der Waals surface area contributed by atoms with Gasteiger partial charge >= 0.3 is 0 Å². The van der Waals surface area contributed by atoms with Crippen LogP contribution in [0.25, 0.3) is 27.7 Å². The molecule has 0 spiro atoms. The Morgan fingerprint density at radius 3 is 2.55 bits per heavy atom. The SMILES string of the molecule is Cc1ccc(C(=O)Nc2ccc3c(-c4ccc(N5CCN(C)CC5)cc4)cn(C)c3c2)cc1C#Cc1cnc2cccnn12. The Morgan fingerprint density at radius 2 is 1.73 bits per heavy atom. The Bertz CT molecular complexity index is 2070. The second kappa shape index (κ2) is 11.4. The maximum absolute atomic E-state index is 13.3. The summed E-state index contributed by atoms with van der Waals surface area (Å²) in [5.74, 6) is 6.17. The molecular formula is C36H33N7O. The van der Waals surface area contributed by atoms with Gasteiger partial charge in [0.05, 0.1) is 11.7 Å². The number of aryl methyl sites for hydroxylation is 2. The summed E-state index contributed by atoms with van der Waals surface area (Å²) >= 11 is 0. The van der Waals surface area contributed by atoms with E-state index in [1.165, 1.54) is 16.8 Å². The monoisotopic (exact) mass is 579 g/mol. The molecule has 3 aromatic carbocycles. The third kappa shape index (κ3) is 5.30. The Kier molecular flexibility index (Phi) is 7.09. The van der Waals surface area contributed by atoms with Gasteiger partial charge in [-0.3, -0.25) is 4.79 Å². The molecule has 1 amide bonds. The first-order chi connectivity index (χ1) is 21.4. The van der Waals surface area contributed by atoms with Crippen molar-refractivity contribution in [3.8, 4) is 23.0 Å². The fourth-order valence-corrected chi connectivity index (χ4v) is 5.76. The van der Waals surface area contributed by atoms with Gasteiger partial charge in [-0.25, -0.2) is 9.50 Å². The van der Waals surface area contributed by atoms with Crippen molar-refractivity contribution in [1.82, 2.24) is 24.1 Å². The van der Waals surface area contributed by atoms with Gasteiger partial charge < -0.3 is 19.7 Å². The molecule has 44 heavy (non-hydrogen) atoms. The molecule has 1 aliphatic rings. The zero-order chi connectivity index (χ0) is 30.2. The van der Waals surface area contributed by atoms with Gasteiger partial charge in [-0.05, 0) is 79.5 Å². The van der Waals surface area contributed by atoms with E-state index in [1.807, 2.05) is 56.4 Å². The molecule has 0 saturated carbocycles. The van der Waals surface area contributed by atoms with Crippen LogP contribution < -0.4 is 10.2 Å². The van der Waals surface area contributed by atoms with Crippen LogP contribution in [0.4, 0.5) is 11.4 Å². The van der Waals surface area contributed by atoms with Crippen LogP contribution in [0.1, 0.15) is 27.2 Å². The summed E-state index contributed by atoms with van der Waals surface area (Å²) in [6.07, 6.45) is 5.57. The number of rotatable bonds is 4. The molecule has 218 valence electrons. The Balaban J connectivity index is 1.10. The number of nitrogens with one attached hydrogen (secondary N) is 1. The van der Waals surface area contributed by atoms with Crippen molar-refractivity contribution in [2.45, 2.75) is 6.92 Å². The van der Waals surface area contributed by atoms with Crippen molar-refractivity contribution >= 4 is 33.8 Å². The van der Waals surface area contributed by atoms with Crippen LogP contribution >= 0.6 is 0 Å². The predicted molar refractivity (Wildman–Crippen MR) is 176 cm³/mol. The second-order valence-electron chi connectivity index (χ2n) is 11.4. The normalized spacial score (nSPS) is 13.7. The number of hydrogen-bond acceptors (Lipinski definition) is 5. The average molecular weight is 580 g/mol. The van der Waals surface area contributed by atoms with E-state index in [-0.39, 0.29) is 5.91 Å². The first-order valence-corrected chi connectivity index (χ1v) is 14.8. The Morgan fingerprint density at radius 1 is 0.909 bits per heavy atom. The van der Waals surface area contributed by atoms with Crippen LogP contribution in [0.3, 0.4) is 0 Å². The molecule has 1 N–H and O–H groups in total. The molecule has 0 unspecified atom stereocenters. The van der Waals surface area contributed by atoms with Gasteiger partial charge in [0.1, 0.15) is 5.69 Å². The summed E-state index contributed by atoms with van der Waals surface area (Å²) in [5, 5.41) is 8.55. The van der Waals surface area contributed by atoms with Crippen LogP contribution in [-0.2, 0) is 7.05 Å². The second-order valence-corrected chi connectivity index (χ2v) is 11.4. The van der Waals surface area contributed by atoms with Crippen molar-refractivity contribution in [3.05, 3.63) is 114 Å². The molecule has 4 heterocycles. The van der Waals surface area contributed by atoms with Crippen LogP contribution in [0.2, 0.25) is 0 Å². The van der Waals surface area contributed by atoms with Crippen LogP contribution in [0.15, 0.2) is 91.4 Å². The number of hydrogen-bond donors (Lipinski definition) is 1. The van der Waals surface area contributed by atoms with Gasteiger partial charge in [0.15, 0.2) is 5.65 Å². The van der Waals surface area contributed by atoms with Gasteiger partial charge in [0.2, 0.25) is 0 Å². The van der Waals surface area contributed by atoms with Crippen LogP contribution in [-0.4, -0.2) is 63.2 Å². The minimum atomic E-state index is -0.183. The molecule has 7 rings (SSSR count). The van der Waals surface area contributed by atoms with Crippen LogP contribution in [0.5, 0.6) is 0 Å². The van der Waals surface area contributed by atoms with E-state index in [0.29, 0.717) is 11.3 Å². The number of anilines is 2. The van der Waals surface area contributed by atoms with E-state index in [0.717, 1.165) is 59.5 Å². The van der Waals surface area contributed by atoms with Gasteiger partial charge in [0, 0.05) is 79.1 Å². The fraction of sp³-hybridized carbons (Fsp3) is 0.194. The van der Waals surface area contributed by atoms with Crippen LogP contribution in [0, 0.1) is 18.8 Å². The Hall–Kier alpha value is -5.39. The largest absolute Gasteiger partial charge is 0.369 e. The van der Waals surface area contributed by atoms with Crippen molar-refractivity contribution in [2.24, 2.45) is 7.05 Å². The van der Waals surface area contributed by atoms with Gasteiger partial charge in [-0.1, -0.05) is 30.2 Å². The molecule has 6 aromatic rings. The molecule has 0 radical (unpaired) electrons. The highest BCUT2D eigenvalue weighted by Gasteiger charge is 2.16. The van der Waals surface area contributed by atoms with Gasteiger partial charge in [0.25, 0.3) is 5.91 Å². The number of fused-ring (bicyclic) bond motifs is 2. The summed E-state index contributed by atoms with van der Waals surface area (Å²) in [7, 11) is 4.22. The minimum absolute atomic E-state index is 0.183. The molecular weight excluding hydrogens is 546 g/mol. The lowest BCUT2D eigenvalue weighted by Crippen LogP contribution is -2.44. The van der Waals surface area contributed by atoms with Gasteiger partial charge in [-0.2, -0.15) is 5.10 Å². The molecule has 8 heteroatoms. The standard InChI is InChI=1S/C36H33N7O/c1-25-6-7-28(21-27(25)10-14-31-23-37-35-5-4-16-38-43(31)35)36(44)39-29-11-15-32-33(24-41(3)34(32)22-29)26-8-12-30(13-9-26)42-19-17-40(2)18-20-42/h4-9,11-13,15-16,21-24H,17-20H2,1-3H3,(H,39,44). The lowest BCUT2D eigenvalue weighted by atomic mass is 10.0. The molecule has 1 saturated heterocycles. The summed E-state index contributed by atoms with van der Waals surface area (Å²) in [6.45, 7) is 6.27. The highest BCUT2D eigenvalue weighted by molar-refractivity contribution is 6.06. The fourth-order valence-electron chi connectivity index (χ4n) is 5.76. The summed E-state index contributed by atoms with van der Waals surface area (Å²) in [5.41, 5.74) is 9.16. The zero-order valence-corrected chi connectivity index (χ0v) is 25.1. The van der Waals surface area contributed by atoms with E-state index in [1.54, 1.807) is 16.9 Å². The zero-order valence-electron chi connectivity index (χ0n) is 25.1. The summed E-state index contributed by atoms with van der Waals surface area (Å²) in [6, 6.07) is 24.3. The number of benzene rings is 3. The highest BCUT2D eigenvalue weighted by Crippen LogP contribution is 2.33. The molecule has 3 aromatic heterocycles. The number of likely N-dealkylation sites (N-methyl/N-ethyl adjacent to an activating group) is 1. The summed E-state index contributed by atoms with van der Waals surface area (Å²) in [4.78, 5) is 22.5. The van der Waals surface area contributed by atoms with Crippen molar-refractivity contribution in [3.63, 3.8) is 0 Å². The van der Waals surface area contributed by atoms with Crippen molar-refractivity contribution in [2.75, 3.05) is 43.4 Å². The summed E-state index contributed by atoms with van der Waals surface area (Å²) < 4.78 is 3.82. The maximum Gasteiger partial charge on any atom is 0.255 e. The van der Waals surface area contributed by atoms with E-state index < -0.39 is 0 Å². The predicted octanol–water partition coefficient (Wildman–Crippen LogP) is 5.60. The number of carbonyl (C=O) groups is 1. The lowest BCUT2D eigenvalue weighted by Gasteiger charge is -2.34. The maximum atomic E-state index is 13.3. The van der Waals surface area contributed by atoms with Crippen molar-refractivity contribution in [1.29, 1.82) is 0 Å².